The molecule has 1 unspecified atom stereocenters. The summed E-state index contributed by atoms with van der Waals surface area (Å²) in [5.41, 5.74) is 1.00. The van der Waals surface area contributed by atoms with Gasteiger partial charge < -0.3 is 9.84 Å². The van der Waals surface area contributed by atoms with Crippen molar-refractivity contribution in [3.63, 3.8) is 0 Å². The Balaban J connectivity index is 2.62. The minimum atomic E-state index is -3.62. The predicted octanol–water partition coefficient (Wildman–Crippen LogP) is 1.75. The molecule has 1 aromatic rings. The van der Waals surface area contributed by atoms with E-state index in [1.165, 1.54) is 6.92 Å². The second kappa shape index (κ2) is 7.21. The van der Waals surface area contributed by atoms with Crippen LogP contribution in [0.5, 0.6) is 0 Å². The number of carbonyl (C=O) groups is 1. The SMILES string of the molecule is CC(OCCNS(=O)(=O)c1ccc(C(C)(C)C)cc1)C(=O)O. The number of carboxylic acid groups (broad SMARTS) is 1. The Labute approximate surface area is 131 Å². The average molecular weight is 329 g/mol. The lowest BCUT2D eigenvalue weighted by molar-refractivity contribution is -0.148. The third kappa shape index (κ3) is 5.40. The molecule has 0 heterocycles. The van der Waals surface area contributed by atoms with E-state index in [4.69, 9.17) is 9.84 Å². The predicted molar refractivity (Wildman–Crippen MR) is 83.4 cm³/mol. The summed E-state index contributed by atoms with van der Waals surface area (Å²) in [5, 5.41) is 8.65. The van der Waals surface area contributed by atoms with Crippen molar-refractivity contribution >= 4 is 16.0 Å². The highest BCUT2D eigenvalue weighted by Crippen LogP contribution is 2.23. The summed E-state index contributed by atoms with van der Waals surface area (Å²) in [4.78, 5) is 10.7. The monoisotopic (exact) mass is 329 g/mol. The van der Waals surface area contributed by atoms with Crippen molar-refractivity contribution in [1.82, 2.24) is 4.72 Å². The number of benzene rings is 1. The van der Waals surface area contributed by atoms with Crippen LogP contribution in [0.25, 0.3) is 0 Å². The Morgan fingerprint density at radius 1 is 1.27 bits per heavy atom. The minimum Gasteiger partial charge on any atom is -0.479 e. The van der Waals surface area contributed by atoms with Crippen LogP contribution in [-0.2, 0) is 25.0 Å². The number of hydrogen-bond acceptors (Lipinski definition) is 4. The third-order valence-corrected chi connectivity index (χ3v) is 4.62. The van der Waals surface area contributed by atoms with Gasteiger partial charge in [-0.3, -0.25) is 0 Å². The number of sulfonamides is 1. The van der Waals surface area contributed by atoms with Gasteiger partial charge in [-0.1, -0.05) is 32.9 Å². The number of nitrogens with one attached hydrogen (secondary N) is 1. The molecule has 124 valence electrons. The van der Waals surface area contributed by atoms with E-state index in [1.807, 2.05) is 0 Å². The molecule has 0 aromatic heterocycles. The van der Waals surface area contributed by atoms with Crippen molar-refractivity contribution in [1.29, 1.82) is 0 Å². The summed E-state index contributed by atoms with van der Waals surface area (Å²) in [6, 6.07) is 6.70. The molecule has 0 spiro atoms. The van der Waals surface area contributed by atoms with Crippen LogP contribution in [0.1, 0.15) is 33.3 Å². The van der Waals surface area contributed by atoms with E-state index >= 15 is 0 Å². The minimum absolute atomic E-state index is 0.00717. The Hall–Kier alpha value is -1.44. The molecule has 1 aromatic carbocycles. The molecule has 0 aliphatic carbocycles. The lowest BCUT2D eigenvalue weighted by atomic mass is 9.87. The highest BCUT2D eigenvalue weighted by molar-refractivity contribution is 7.89. The zero-order valence-corrected chi connectivity index (χ0v) is 14.1. The van der Waals surface area contributed by atoms with E-state index in [0.29, 0.717) is 0 Å². The Bertz CT molecular complexity index is 602. The van der Waals surface area contributed by atoms with Crippen LogP contribution < -0.4 is 4.72 Å². The number of ether oxygens (including phenoxy) is 1. The van der Waals surface area contributed by atoms with Gasteiger partial charge >= 0.3 is 5.97 Å². The molecule has 6 nitrogen and oxygen atoms in total. The highest BCUT2D eigenvalue weighted by Gasteiger charge is 2.17. The van der Waals surface area contributed by atoms with Crippen molar-refractivity contribution in [2.75, 3.05) is 13.2 Å². The smallest absolute Gasteiger partial charge is 0.332 e. The molecule has 7 heteroatoms. The third-order valence-electron chi connectivity index (χ3n) is 3.14. The number of carboxylic acids is 1. The molecule has 0 aliphatic heterocycles. The van der Waals surface area contributed by atoms with Crippen LogP contribution in [0.15, 0.2) is 29.2 Å². The van der Waals surface area contributed by atoms with Gasteiger partial charge in [0.2, 0.25) is 10.0 Å². The van der Waals surface area contributed by atoms with Gasteiger partial charge in [0.15, 0.2) is 6.10 Å². The van der Waals surface area contributed by atoms with Gasteiger partial charge in [0.1, 0.15) is 0 Å². The first-order chi connectivity index (χ1) is 10.0. The maximum atomic E-state index is 12.1. The van der Waals surface area contributed by atoms with Crippen molar-refractivity contribution < 1.29 is 23.1 Å². The molecule has 0 fully saturated rings. The molecule has 1 atom stereocenters. The summed E-state index contributed by atoms with van der Waals surface area (Å²) < 4.78 is 31.5. The van der Waals surface area contributed by atoms with Crippen LogP contribution >= 0.6 is 0 Å². The van der Waals surface area contributed by atoms with E-state index in [-0.39, 0.29) is 23.5 Å². The van der Waals surface area contributed by atoms with Crippen LogP contribution in [0, 0.1) is 0 Å². The zero-order valence-electron chi connectivity index (χ0n) is 13.3. The molecular weight excluding hydrogens is 306 g/mol. The maximum absolute atomic E-state index is 12.1. The molecule has 0 amide bonds. The molecule has 0 saturated carbocycles. The van der Waals surface area contributed by atoms with Gasteiger partial charge in [0.25, 0.3) is 0 Å². The zero-order chi connectivity index (χ0) is 17.0. The molecule has 0 radical (unpaired) electrons. The van der Waals surface area contributed by atoms with Gasteiger partial charge in [-0.2, -0.15) is 0 Å². The molecular formula is C15H23NO5S. The fraction of sp³-hybridized carbons (Fsp3) is 0.533. The first-order valence-electron chi connectivity index (χ1n) is 6.98. The van der Waals surface area contributed by atoms with E-state index < -0.39 is 22.1 Å². The first kappa shape index (κ1) is 18.6. The van der Waals surface area contributed by atoms with E-state index in [2.05, 4.69) is 25.5 Å². The largest absolute Gasteiger partial charge is 0.479 e. The van der Waals surface area contributed by atoms with Gasteiger partial charge in [0, 0.05) is 6.54 Å². The van der Waals surface area contributed by atoms with Gasteiger partial charge in [-0.05, 0) is 30.0 Å². The second-order valence-corrected chi connectivity index (χ2v) is 7.79. The van der Waals surface area contributed by atoms with Crippen LogP contribution in [0.3, 0.4) is 0 Å². The summed E-state index contributed by atoms with van der Waals surface area (Å²) in [6.45, 7) is 7.55. The summed E-state index contributed by atoms with van der Waals surface area (Å²) in [6.07, 6.45) is -0.962. The van der Waals surface area contributed by atoms with Crippen molar-refractivity contribution in [2.45, 2.75) is 44.1 Å². The summed E-state index contributed by atoms with van der Waals surface area (Å²) in [7, 11) is -3.62. The number of hydrogen-bond donors (Lipinski definition) is 2. The fourth-order valence-electron chi connectivity index (χ4n) is 1.70. The maximum Gasteiger partial charge on any atom is 0.332 e. The molecule has 22 heavy (non-hydrogen) atoms. The average Bonchev–Trinajstić information content (AvgIpc) is 2.42. The number of rotatable bonds is 7. The molecule has 2 N–H and O–H groups in total. The quantitative estimate of drug-likeness (QED) is 0.744. The van der Waals surface area contributed by atoms with Crippen molar-refractivity contribution in [3.05, 3.63) is 29.8 Å². The molecule has 1 rings (SSSR count). The molecule has 0 saturated heterocycles. The summed E-state index contributed by atoms with van der Waals surface area (Å²) in [5.74, 6) is -1.08. The topological polar surface area (TPSA) is 92.7 Å². The first-order valence-corrected chi connectivity index (χ1v) is 8.47. The molecule has 0 aliphatic rings. The fourth-order valence-corrected chi connectivity index (χ4v) is 2.71. The van der Waals surface area contributed by atoms with E-state index in [0.717, 1.165) is 5.56 Å². The van der Waals surface area contributed by atoms with Crippen LogP contribution in [0.2, 0.25) is 0 Å². The second-order valence-electron chi connectivity index (χ2n) is 6.02. The van der Waals surface area contributed by atoms with E-state index in [9.17, 15) is 13.2 Å². The van der Waals surface area contributed by atoms with Gasteiger partial charge in [-0.25, -0.2) is 17.9 Å². The van der Waals surface area contributed by atoms with E-state index in [1.54, 1.807) is 24.3 Å². The van der Waals surface area contributed by atoms with Crippen LogP contribution in [-0.4, -0.2) is 38.7 Å². The number of aliphatic carboxylic acids is 1. The Morgan fingerprint density at radius 2 is 1.82 bits per heavy atom. The Kier molecular flexibility index (Phi) is 6.10. The highest BCUT2D eigenvalue weighted by atomic mass is 32.2. The van der Waals surface area contributed by atoms with Crippen LogP contribution in [0.4, 0.5) is 0 Å². The standard InChI is InChI=1S/C15H23NO5S/c1-11(14(17)18)21-10-9-16-22(19,20)13-7-5-12(6-8-13)15(2,3)4/h5-8,11,16H,9-10H2,1-4H3,(H,17,18). The summed E-state index contributed by atoms with van der Waals surface area (Å²) >= 11 is 0. The lowest BCUT2D eigenvalue weighted by Crippen LogP contribution is -2.30. The normalized spacial score (nSPS) is 13.8. The van der Waals surface area contributed by atoms with Crippen molar-refractivity contribution in [3.8, 4) is 0 Å². The molecule has 0 bridgehead atoms. The lowest BCUT2D eigenvalue weighted by Gasteiger charge is -2.19. The van der Waals surface area contributed by atoms with Gasteiger partial charge in [0.05, 0.1) is 11.5 Å². The Morgan fingerprint density at radius 3 is 2.27 bits per heavy atom. The van der Waals surface area contributed by atoms with Crippen molar-refractivity contribution in [2.24, 2.45) is 0 Å². The van der Waals surface area contributed by atoms with Gasteiger partial charge in [-0.15, -0.1) is 0 Å².